The van der Waals surface area contributed by atoms with Crippen LogP contribution in [0.4, 0.5) is 0 Å². The molecule has 0 spiro atoms. The fourth-order valence-corrected chi connectivity index (χ4v) is 7.85. The summed E-state index contributed by atoms with van der Waals surface area (Å²) in [5.74, 6) is -11.3. The van der Waals surface area contributed by atoms with Crippen molar-refractivity contribution in [1.82, 2.24) is 0 Å². The van der Waals surface area contributed by atoms with E-state index in [-0.39, 0.29) is 78.8 Å². The minimum atomic E-state index is -1.67. The molecule has 0 unspecified atom stereocenters. The van der Waals surface area contributed by atoms with Crippen LogP contribution in [0.1, 0.15) is 62.8 Å². The van der Waals surface area contributed by atoms with E-state index in [0.717, 1.165) is 42.5 Å². The summed E-state index contributed by atoms with van der Waals surface area (Å²) in [4.78, 5) is 0. The van der Waals surface area contributed by atoms with E-state index in [1.165, 1.54) is 42.5 Å². The molecule has 0 amide bonds. The van der Waals surface area contributed by atoms with Crippen molar-refractivity contribution in [2.75, 3.05) is 0 Å². The topological polar surface area (TPSA) is 331 Å². The average molecular weight is 861 g/mol. The molecular weight excluding hydrogens is 828 g/mol. The number of hydrogen-bond donors (Lipinski definition) is 15. The van der Waals surface area contributed by atoms with Crippen molar-refractivity contribution < 1.29 is 90.8 Å². The van der Waals surface area contributed by atoms with Crippen LogP contribution in [0.15, 0.2) is 96.1 Å². The van der Waals surface area contributed by atoms with Gasteiger partial charge in [0.2, 0.25) is 0 Å². The molecule has 6 aromatic rings. The lowest BCUT2D eigenvalue weighted by molar-refractivity contribution is 0.168. The molecular formula is C45H32O18. The lowest BCUT2D eigenvalue weighted by Gasteiger charge is -2.33. The van der Waals surface area contributed by atoms with Gasteiger partial charge in [0.15, 0.2) is 70.1 Å². The fourth-order valence-electron chi connectivity index (χ4n) is 7.85. The Morgan fingerprint density at radius 3 is 1.21 bits per heavy atom. The Hall–Kier alpha value is -9.06. The third-order valence-corrected chi connectivity index (χ3v) is 10.8. The van der Waals surface area contributed by atoms with Gasteiger partial charge < -0.3 is 90.8 Å². The van der Waals surface area contributed by atoms with E-state index in [9.17, 15) is 76.6 Å². The molecule has 63 heavy (non-hydrogen) atoms. The number of aromatic hydroxyl groups is 12. The highest BCUT2D eigenvalue weighted by molar-refractivity contribution is 5.98. The number of aliphatic hydroxyl groups excluding tert-OH is 3. The van der Waals surface area contributed by atoms with Gasteiger partial charge in [-0.1, -0.05) is 0 Å². The highest BCUT2D eigenvalue weighted by Crippen LogP contribution is 2.57. The Morgan fingerprint density at radius 2 is 0.762 bits per heavy atom. The number of rotatable bonds is 5. The molecule has 3 heterocycles. The zero-order chi connectivity index (χ0) is 44.9. The van der Waals surface area contributed by atoms with Crippen molar-refractivity contribution in [2.24, 2.45) is 0 Å². The van der Waals surface area contributed by atoms with Crippen molar-refractivity contribution in [3.63, 3.8) is 0 Å². The van der Waals surface area contributed by atoms with E-state index in [4.69, 9.17) is 14.2 Å². The third kappa shape index (κ3) is 6.19. The number of aliphatic hydroxyl groups is 3. The number of fused-ring (bicyclic) bond motifs is 3. The van der Waals surface area contributed by atoms with Crippen molar-refractivity contribution in [2.45, 2.75) is 18.3 Å². The second-order valence-corrected chi connectivity index (χ2v) is 14.7. The highest BCUT2D eigenvalue weighted by Gasteiger charge is 2.41. The van der Waals surface area contributed by atoms with Gasteiger partial charge in [-0.25, -0.2) is 0 Å². The van der Waals surface area contributed by atoms with Gasteiger partial charge >= 0.3 is 0 Å². The van der Waals surface area contributed by atoms with Crippen LogP contribution < -0.4 is 14.2 Å². The summed E-state index contributed by atoms with van der Waals surface area (Å²) in [5, 5.41) is 163. The Bertz CT molecular complexity index is 3000. The molecule has 18 nitrogen and oxygen atoms in total. The zero-order valence-corrected chi connectivity index (χ0v) is 31.7. The number of phenolic OH excluding ortho intramolecular Hbond substituents is 12. The van der Waals surface area contributed by atoms with Crippen LogP contribution in [0.3, 0.4) is 0 Å². The molecule has 320 valence electrons. The van der Waals surface area contributed by atoms with E-state index in [2.05, 4.69) is 0 Å². The van der Waals surface area contributed by atoms with E-state index in [1.54, 1.807) is 0 Å². The van der Waals surface area contributed by atoms with Gasteiger partial charge in [0.25, 0.3) is 0 Å². The second-order valence-electron chi connectivity index (χ2n) is 14.7. The molecule has 0 radical (unpaired) electrons. The van der Waals surface area contributed by atoms with Crippen molar-refractivity contribution in [1.29, 1.82) is 0 Å². The predicted octanol–water partition coefficient (Wildman–Crippen LogP) is 7.09. The number of phenols is 12. The number of ether oxygens (including phenoxy) is 3. The molecule has 0 bridgehead atoms. The summed E-state index contributed by atoms with van der Waals surface area (Å²) in [6, 6.07) is 14.6. The van der Waals surface area contributed by atoms with Gasteiger partial charge in [0.1, 0.15) is 51.8 Å². The zero-order valence-electron chi connectivity index (χ0n) is 31.7. The Morgan fingerprint density at radius 1 is 0.365 bits per heavy atom. The molecule has 3 atom stereocenters. The highest BCUT2D eigenvalue weighted by atomic mass is 16.5. The van der Waals surface area contributed by atoms with E-state index < -0.39 is 98.6 Å². The van der Waals surface area contributed by atoms with Crippen LogP contribution in [0.25, 0.3) is 17.2 Å². The first-order chi connectivity index (χ1) is 29.9. The maximum Gasteiger partial charge on any atom is 0.200 e. The number of hydrogen-bond acceptors (Lipinski definition) is 18. The van der Waals surface area contributed by atoms with Gasteiger partial charge in [-0.05, 0) is 72.8 Å². The smallest absolute Gasteiger partial charge is 0.200 e. The van der Waals surface area contributed by atoms with Gasteiger partial charge in [-0.2, -0.15) is 0 Å². The summed E-state index contributed by atoms with van der Waals surface area (Å²) in [6.45, 7) is 0. The minimum Gasteiger partial charge on any atom is -0.508 e. The standard InChI is InChI=1S/C45H32O18/c46-19-1-3-21-31(13-19)61-44(17-8-26(50)38(57)27(51)9-17)40(59)33(21)23-5-15-12-30(54)42(16-6-24(48)37(56)25(49)7-16)63-43(15)35(36(23)55)34-22-4-2-20(47)14-32(22)62-45(41(34)60)18-10-28(52)39(58)29(53)11-18/h1-14,42,44-60H/t42-,44-,45-/m1/s1. The van der Waals surface area contributed by atoms with Crippen LogP contribution >= 0.6 is 0 Å². The van der Waals surface area contributed by atoms with Crippen LogP contribution in [-0.4, -0.2) is 76.6 Å². The van der Waals surface area contributed by atoms with Crippen LogP contribution in [0, 0.1) is 0 Å². The number of benzene rings is 6. The first-order valence-corrected chi connectivity index (χ1v) is 18.5. The molecule has 3 aliphatic heterocycles. The van der Waals surface area contributed by atoms with Gasteiger partial charge in [0, 0.05) is 62.2 Å². The summed E-state index contributed by atoms with van der Waals surface area (Å²) in [6.07, 6.45) is -3.69. The molecule has 0 aromatic heterocycles. The maximum atomic E-state index is 12.8. The summed E-state index contributed by atoms with van der Waals surface area (Å²) in [5.41, 5.74) is -1.53. The molecule has 0 fully saturated rings. The molecule has 0 saturated carbocycles. The van der Waals surface area contributed by atoms with E-state index >= 15 is 0 Å². The Labute approximate surface area is 352 Å². The minimum absolute atomic E-state index is 0.00862. The predicted molar refractivity (Wildman–Crippen MR) is 217 cm³/mol. The molecule has 0 aliphatic carbocycles. The quantitative estimate of drug-likeness (QED) is 0.0769. The molecule has 6 aromatic carbocycles. The molecule has 15 N–H and O–H groups in total. The van der Waals surface area contributed by atoms with Crippen LogP contribution in [0.2, 0.25) is 0 Å². The SMILES string of the molecule is OC1=Cc2cc(C3=C(O)[C@@H](c4cc(O)c(O)c(O)c4)Oc4cc(O)ccc43)c(O)c(C3=C(O)[C@@H](c4cc(O)c(O)c(O)c4)Oc4cc(O)ccc43)c2O[C@@H]1c1cc(O)c(O)c(O)c1. The lowest BCUT2D eigenvalue weighted by Crippen LogP contribution is -2.21. The molecule has 9 rings (SSSR count). The summed E-state index contributed by atoms with van der Waals surface area (Å²) >= 11 is 0. The normalized spacial score (nSPS) is 17.7. The van der Waals surface area contributed by atoms with Crippen molar-refractivity contribution in [3.05, 3.63) is 141 Å². The maximum absolute atomic E-state index is 12.8. The largest absolute Gasteiger partial charge is 0.508 e. The monoisotopic (exact) mass is 860 g/mol. The second kappa shape index (κ2) is 14.0. The van der Waals surface area contributed by atoms with Gasteiger partial charge in [-0.3, -0.25) is 0 Å². The van der Waals surface area contributed by atoms with E-state index in [1.807, 2.05) is 0 Å². The summed E-state index contributed by atoms with van der Waals surface area (Å²) in [7, 11) is 0. The Kier molecular flexibility index (Phi) is 8.77. The molecule has 3 aliphatic rings. The Balaban J connectivity index is 1.37. The average Bonchev–Trinajstić information content (AvgIpc) is 3.23. The van der Waals surface area contributed by atoms with Gasteiger partial charge in [0.05, 0.1) is 5.56 Å². The molecule has 0 saturated heterocycles. The fraction of sp³-hybridized carbons (Fsp3) is 0.0667. The lowest BCUT2D eigenvalue weighted by atomic mass is 9.82. The van der Waals surface area contributed by atoms with Crippen molar-refractivity contribution >= 4 is 17.2 Å². The first kappa shape index (κ1) is 39.4. The van der Waals surface area contributed by atoms with Crippen LogP contribution in [-0.2, 0) is 0 Å². The van der Waals surface area contributed by atoms with Crippen molar-refractivity contribution in [3.8, 4) is 86.2 Å². The van der Waals surface area contributed by atoms with E-state index in [0.29, 0.717) is 0 Å². The van der Waals surface area contributed by atoms with Gasteiger partial charge in [-0.15, -0.1) is 0 Å². The summed E-state index contributed by atoms with van der Waals surface area (Å²) < 4.78 is 18.5. The molecule has 18 heteroatoms. The first-order valence-electron chi connectivity index (χ1n) is 18.5. The third-order valence-electron chi connectivity index (χ3n) is 10.8. The van der Waals surface area contributed by atoms with Crippen LogP contribution in [0.5, 0.6) is 86.2 Å².